The maximum Gasteiger partial charge on any atom is 0.302 e. The normalized spacial score (nSPS) is 21.5. The summed E-state index contributed by atoms with van der Waals surface area (Å²) in [6.45, 7) is 4.56. The Kier molecular flexibility index (Phi) is 14.2. The van der Waals surface area contributed by atoms with E-state index in [-0.39, 0.29) is 17.4 Å². The number of carbonyl (C=O) groups excluding carboxylic acids is 1. The number of ether oxygens (including phenoxy) is 1. The predicted molar refractivity (Wildman–Crippen MR) is 111 cm³/mol. The zero-order valence-electron chi connectivity index (χ0n) is 17.1. The van der Waals surface area contributed by atoms with Gasteiger partial charge >= 0.3 is 5.97 Å². The van der Waals surface area contributed by atoms with Gasteiger partial charge in [-0.1, -0.05) is 77.6 Å². The third kappa shape index (κ3) is 11.3. The van der Waals surface area contributed by atoms with Gasteiger partial charge < -0.3 is 10.1 Å². The SMILES string of the molecule is CCCCCCCCCCCCCC[S@@](=O)[C@H]1NCCC[C@@H]1OC(C)=O. The van der Waals surface area contributed by atoms with Crippen molar-refractivity contribution in [1.29, 1.82) is 0 Å². The summed E-state index contributed by atoms with van der Waals surface area (Å²) in [6.07, 6.45) is 17.3. The van der Waals surface area contributed by atoms with Crippen molar-refractivity contribution in [3.63, 3.8) is 0 Å². The van der Waals surface area contributed by atoms with E-state index < -0.39 is 10.8 Å². The van der Waals surface area contributed by atoms with Gasteiger partial charge in [-0.15, -0.1) is 0 Å². The number of hydrogen-bond acceptors (Lipinski definition) is 4. The van der Waals surface area contributed by atoms with Crippen molar-refractivity contribution in [3.8, 4) is 0 Å². The third-order valence-corrected chi connectivity index (χ3v) is 6.88. The molecule has 4 nitrogen and oxygen atoms in total. The summed E-state index contributed by atoms with van der Waals surface area (Å²) in [6, 6.07) is 0. The molecule has 0 unspecified atom stereocenters. The molecule has 1 aliphatic rings. The molecule has 0 amide bonds. The molecule has 0 radical (unpaired) electrons. The van der Waals surface area contributed by atoms with Gasteiger partial charge in [-0.2, -0.15) is 0 Å². The molecular weight excluding hydrogens is 346 g/mol. The van der Waals surface area contributed by atoms with Gasteiger partial charge in [0.05, 0.1) is 0 Å². The maximum atomic E-state index is 12.5. The first-order valence-corrected chi connectivity index (χ1v) is 12.3. The zero-order chi connectivity index (χ0) is 19.0. The number of rotatable bonds is 15. The Morgan fingerprint density at radius 2 is 1.50 bits per heavy atom. The Morgan fingerprint density at radius 3 is 2.04 bits per heavy atom. The van der Waals surface area contributed by atoms with Crippen molar-refractivity contribution in [2.75, 3.05) is 12.3 Å². The molecule has 3 atom stereocenters. The second-order valence-corrected chi connectivity index (χ2v) is 9.32. The first-order valence-electron chi connectivity index (χ1n) is 10.9. The minimum Gasteiger partial charge on any atom is -0.460 e. The van der Waals surface area contributed by atoms with Crippen LogP contribution in [0.3, 0.4) is 0 Å². The van der Waals surface area contributed by atoms with E-state index in [4.69, 9.17) is 4.74 Å². The van der Waals surface area contributed by atoms with Crippen LogP contribution >= 0.6 is 0 Å². The van der Waals surface area contributed by atoms with Gasteiger partial charge in [0.15, 0.2) is 0 Å². The fraction of sp³-hybridized carbons (Fsp3) is 0.952. The molecule has 0 aromatic carbocycles. The summed E-state index contributed by atoms with van der Waals surface area (Å²) >= 11 is 0. The van der Waals surface area contributed by atoms with Gasteiger partial charge in [0.1, 0.15) is 11.5 Å². The van der Waals surface area contributed by atoms with Crippen LogP contribution in [0.15, 0.2) is 0 Å². The second-order valence-electron chi connectivity index (χ2n) is 7.64. The van der Waals surface area contributed by atoms with Crippen molar-refractivity contribution >= 4 is 16.8 Å². The number of carbonyl (C=O) groups is 1. The molecule has 1 rings (SSSR count). The number of piperidine rings is 1. The standard InChI is InChI=1S/C21H41NO3S/c1-3-4-5-6-7-8-9-10-11-12-13-14-18-26(24)21-20(25-19(2)23)16-15-17-22-21/h20-22H,3-18H2,1-2H3/t20-,21+,26+/m0/s1. The minimum atomic E-state index is -0.956. The first kappa shape index (κ1) is 23.6. The van der Waals surface area contributed by atoms with Gasteiger partial charge in [0, 0.05) is 23.5 Å². The Labute approximate surface area is 163 Å². The third-order valence-electron chi connectivity index (χ3n) is 5.15. The summed E-state index contributed by atoms with van der Waals surface area (Å²) in [7, 11) is -0.956. The smallest absolute Gasteiger partial charge is 0.302 e. The molecule has 5 heteroatoms. The fourth-order valence-corrected chi connectivity index (χ4v) is 5.22. The molecule has 1 saturated heterocycles. The topological polar surface area (TPSA) is 55.4 Å². The quantitative estimate of drug-likeness (QED) is 0.314. The van der Waals surface area contributed by atoms with Crippen LogP contribution < -0.4 is 5.32 Å². The van der Waals surface area contributed by atoms with Gasteiger partial charge in [-0.25, -0.2) is 0 Å². The Morgan fingerprint density at radius 1 is 0.962 bits per heavy atom. The van der Waals surface area contributed by atoms with Crippen molar-refractivity contribution < 1.29 is 13.7 Å². The summed E-state index contributed by atoms with van der Waals surface area (Å²) in [5.41, 5.74) is 0. The van der Waals surface area contributed by atoms with Crippen LogP contribution in [-0.4, -0.2) is 34.0 Å². The molecule has 1 heterocycles. The largest absolute Gasteiger partial charge is 0.460 e. The second kappa shape index (κ2) is 15.6. The minimum absolute atomic E-state index is 0.180. The van der Waals surface area contributed by atoms with E-state index in [1.807, 2.05) is 0 Å². The summed E-state index contributed by atoms with van der Waals surface area (Å²) in [4.78, 5) is 11.2. The number of unbranched alkanes of at least 4 members (excludes halogenated alkanes) is 11. The van der Waals surface area contributed by atoms with Crippen LogP contribution in [0.1, 0.15) is 104 Å². The van der Waals surface area contributed by atoms with E-state index in [0.29, 0.717) is 5.75 Å². The van der Waals surface area contributed by atoms with E-state index in [2.05, 4.69) is 12.2 Å². The monoisotopic (exact) mass is 387 g/mol. The maximum absolute atomic E-state index is 12.5. The van der Waals surface area contributed by atoms with Crippen LogP contribution in [0.25, 0.3) is 0 Å². The van der Waals surface area contributed by atoms with E-state index in [9.17, 15) is 9.00 Å². The lowest BCUT2D eigenvalue weighted by Crippen LogP contribution is -2.49. The Balaban J connectivity index is 1.99. The van der Waals surface area contributed by atoms with Crippen LogP contribution in [0, 0.1) is 0 Å². The molecule has 0 saturated carbocycles. The fourth-order valence-electron chi connectivity index (χ4n) is 3.64. The van der Waals surface area contributed by atoms with Crippen molar-refractivity contribution in [2.45, 2.75) is 115 Å². The lowest BCUT2D eigenvalue weighted by molar-refractivity contribution is -0.147. The van der Waals surface area contributed by atoms with Crippen molar-refractivity contribution in [1.82, 2.24) is 5.32 Å². The zero-order valence-corrected chi connectivity index (χ0v) is 17.9. The van der Waals surface area contributed by atoms with Gasteiger partial charge in [-0.05, 0) is 25.8 Å². The Bertz CT molecular complexity index is 389. The van der Waals surface area contributed by atoms with Crippen LogP contribution in [0.5, 0.6) is 0 Å². The molecule has 0 spiro atoms. The lowest BCUT2D eigenvalue weighted by Gasteiger charge is -2.31. The number of nitrogens with one attached hydrogen (secondary N) is 1. The predicted octanol–water partition coefficient (Wildman–Crippen LogP) is 5.08. The molecule has 1 aliphatic heterocycles. The lowest BCUT2D eigenvalue weighted by atomic mass is 10.1. The Hall–Kier alpha value is -0.420. The van der Waals surface area contributed by atoms with E-state index in [0.717, 1.165) is 32.2 Å². The van der Waals surface area contributed by atoms with Crippen molar-refractivity contribution in [2.24, 2.45) is 0 Å². The highest BCUT2D eigenvalue weighted by Gasteiger charge is 2.31. The molecule has 154 valence electrons. The van der Waals surface area contributed by atoms with E-state index >= 15 is 0 Å². The molecular formula is C21H41NO3S. The van der Waals surface area contributed by atoms with E-state index in [1.165, 1.54) is 71.1 Å². The van der Waals surface area contributed by atoms with Crippen LogP contribution in [0.2, 0.25) is 0 Å². The van der Waals surface area contributed by atoms with Crippen LogP contribution in [0.4, 0.5) is 0 Å². The highest BCUT2D eigenvalue weighted by atomic mass is 32.2. The average molecular weight is 388 g/mol. The van der Waals surface area contributed by atoms with E-state index in [1.54, 1.807) is 0 Å². The highest BCUT2D eigenvalue weighted by Crippen LogP contribution is 2.17. The molecule has 0 bridgehead atoms. The van der Waals surface area contributed by atoms with Crippen molar-refractivity contribution in [3.05, 3.63) is 0 Å². The summed E-state index contributed by atoms with van der Waals surface area (Å²) < 4.78 is 17.9. The summed E-state index contributed by atoms with van der Waals surface area (Å²) in [5, 5.41) is 3.11. The van der Waals surface area contributed by atoms with Gasteiger partial charge in [-0.3, -0.25) is 9.00 Å². The molecule has 1 fully saturated rings. The average Bonchev–Trinajstić information content (AvgIpc) is 2.62. The molecule has 0 aliphatic carbocycles. The highest BCUT2D eigenvalue weighted by molar-refractivity contribution is 7.85. The molecule has 26 heavy (non-hydrogen) atoms. The number of esters is 1. The van der Waals surface area contributed by atoms with Crippen LogP contribution in [-0.2, 0) is 20.3 Å². The molecule has 1 N–H and O–H groups in total. The van der Waals surface area contributed by atoms with Gasteiger partial charge in [0.25, 0.3) is 0 Å². The molecule has 0 aromatic rings. The number of hydrogen-bond donors (Lipinski definition) is 1. The van der Waals surface area contributed by atoms with Gasteiger partial charge in [0.2, 0.25) is 0 Å². The summed E-state index contributed by atoms with van der Waals surface area (Å²) in [5.74, 6) is 0.443. The first-order chi connectivity index (χ1) is 12.6. The molecule has 0 aromatic heterocycles.